The number of fused-ring (bicyclic) bond motifs is 15. The third kappa shape index (κ3) is 5.12. The van der Waals surface area contributed by atoms with E-state index in [1.807, 2.05) is 0 Å². The highest BCUT2D eigenvalue weighted by Crippen LogP contribution is 2.54. The highest BCUT2D eigenvalue weighted by Gasteiger charge is 2.38. The van der Waals surface area contributed by atoms with Gasteiger partial charge in [0.25, 0.3) is 0 Å². The lowest BCUT2D eigenvalue weighted by Gasteiger charge is -2.26. The maximum atomic E-state index is 7.28. The average Bonchev–Trinajstić information content (AvgIpc) is 3.99. The van der Waals surface area contributed by atoms with Gasteiger partial charge in [-0.3, -0.25) is 0 Å². The molecule has 2 aliphatic rings. The number of anilines is 2. The second kappa shape index (κ2) is 12.6. The second-order valence-corrected chi connectivity index (χ2v) is 20.8. The van der Waals surface area contributed by atoms with E-state index < -0.39 is 0 Å². The fraction of sp³-hybridized carbons (Fsp3) is 0.186. The summed E-state index contributed by atoms with van der Waals surface area (Å²) in [4.78, 5) is 0. The number of furan rings is 2. The molecule has 4 nitrogen and oxygen atoms in total. The van der Waals surface area contributed by atoms with Crippen LogP contribution in [0.5, 0.6) is 0 Å². The van der Waals surface area contributed by atoms with Crippen LogP contribution < -0.4 is 16.2 Å². The first kappa shape index (κ1) is 37.6. The minimum Gasteiger partial charge on any atom is -0.456 e. The predicted molar refractivity (Wildman–Crippen MR) is 270 cm³/mol. The molecule has 0 fully saturated rings. The Morgan fingerprint density at radius 3 is 2.00 bits per heavy atom. The van der Waals surface area contributed by atoms with Gasteiger partial charge in [0.1, 0.15) is 22.3 Å². The molecule has 13 rings (SSSR count). The Hall–Kier alpha value is -6.98. The first-order valence-corrected chi connectivity index (χ1v) is 22.7. The maximum absolute atomic E-state index is 7.28. The van der Waals surface area contributed by atoms with Gasteiger partial charge in [-0.2, -0.15) is 0 Å². The minimum atomic E-state index is -0.190. The zero-order valence-electron chi connectivity index (χ0n) is 37.6. The minimum absolute atomic E-state index is 0.0458. The molecule has 0 spiro atoms. The number of nitrogens with one attached hydrogen (secondary N) is 1. The molecule has 4 heterocycles. The summed E-state index contributed by atoms with van der Waals surface area (Å²) in [6.45, 7) is 18.4. The van der Waals surface area contributed by atoms with Gasteiger partial charge in [0.05, 0.1) is 5.52 Å². The SMILES string of the molecule is CC(C)(C)c1ccc(Nc2cc3c(cc2-c2c4c5c(c6cc(C(C)(C)C)ccc6n5-c5cc6c(cc5[B]4)oc4ccccc46)c4c2oc2ccccc24)-c2ccccc2C3(C)C)cc1. The van der Waals surface area contributed by atoms with Crippen molar-refractivity contribution in [1.29, 1.82) is 0 Å². The molecule has 1 aliphatic carbocycles. The van der Waals surface area contributed by atoms with E-state index in [-0.39, 0.29) is 16.2 Å². The van der Waals surface area contributed by atoms with E-state index in [0.717, 1.165) is 83.0 Å². The fourth-order valence-corrected chi connectivity index (χ4v) is 11.1. The summed E-state index contributed by atoms with van der Waals surface area (Å²) >= 11 is 0. The molecule has 0 amide bonds. The molecule has 0 unspecified atom stereocenters. The van der Waals surface area contributed by atoms with Crippen molar-refractivity contribution in [2.45, 2.75) is 71.6 Å². The lowest BCUT2D eigenvalue weighted by Crippen LogP contribution is -2.37. The summed E-state index contributed by atoms with van der Waals surface area (Å²) in [7, 11) is 2.41. The molecule has 0 bridgehead atoms. The van der Waals surface area contributed by atoms with E-state index in [0.29, 0.717) is 0 Å². The molecular weight excluding hydrogens is 779 g/mol. The Balaban J connectivity index is 1.20. The first-order valence-electron chi connectivity index (χ1n) is 22.7. The summed E-state index contributed by atoms with van der Waals surface area (Å²) in [5, 5.41) is 11.0. The van der Waals surface area contributed by atoms with E-state index >= 15 is 0 Å². The van der Waals surface area contributed by atoms with Gasteiger partial charge in [-0.1, -0.05) is 140 Å². The first-order chi connectivity index (χ1) is 30.7. The normalized spacial score (nSPS) is 14.2. The van der Waals surface area contributed by atoms with Gasteiger partial charge in [0.15, 0.2) is 7.28 Å². The van der Waals surface area contributed by atoms with Crippen LogP contribution >= 0.6 is 0 Å². The predicted octanol–water partition coefficient (Wildman–Crippen LogP) is 14.9. The number of para-hydroxylation sites is 2. The van der Waals surface area contributed by atoms with E-state index in [9.17, 15) is 0 Å². The van der Waals surface area contributed by atoms with Crippen LogP contribution in [-0.4, -0.2) is 11.8 Å². The summed E-state index contributed by atoms with van der Waals surface area (Å²) in [5.41, 5.74) is 21.2. The van der Waals surface area contributed by atoms with Crippen molar-refractivity contribution < 1.29 is 8.83 Å². The third-order valence-electron chi connectivity index (χ3n) is 14.5. The van der Waals surface area contributed by atoms with Gasteiger partial charge in [-0.05, 0) is 110 Å². The third-order valence-corrected chi connectivity index (χ3v) is 14.5. The van der Waals surface area contributed by atoms with E-state index in [2.05, 4.69) is 212 Å². The van der Waals surface area contributed by atoms with Crippen LogP contribution in [0, 0.1) is 0 Å². The van der Waals surface area contributed by atoms with Crippen LogP contribution in [0.4, 0.5) is 11.4 Å². The Kier molecular flexibility index (Phi) is 7.40. The van der Waals surface area contributed by atoms with Crippen molar-refractivity contribution in [2.75, 3.05) is 5.32 Å². The van der Waals surface area contributed by atoms with Crippen LogP contribution in [0.1, 0.15) is 77.6 Å². The highest BCUT2D eigenvalue weighted by atomic mass is 16.3. The zero-order chi connectivity index (χ0) is 43.6. The summed E-state index contributed by atoms with van der Waals surface area (Å²) in [6, 6.07) is 51.5. The van der Waals surface area contributed by atoms with Gasteiger partial charge in [0.2, 0.25) is 0 Å². The van der Waals surface area contributed by atoms with Gasteiger partial charge < -0.3 is 18.7 Å². The van der Waals surface area contributed by atoms with Crippen molar-refractivity contribution in [2.24, 2.45) is 0 Å². The molecule has 1 aliphatic heterocycles. The monoisotopic (exact) mass is 827 g/mol. The lowest BCUT2D eigenvalue weighted by molar-refractivity contribution is 0.590. The van der Waals surface area contributed by atoms with E-state index in [1.165, 1.54) is 55.2 Å². The number of nitrogens with zero attached hydrogens (tertiary/aromatic N) is 1. The van der Waals surface area contributed by atoms with Crippen LogP contribution in [0.2, 0.25) is 0 Å². The molecule has 0 saturated heterocycles. The number of rotatable bonds is 3. The number of hydrogen-bond acceptors (Lipinski definition) is 3. The van der Waals surface area contributed by atoms with Gasteiger partial charge >= 0.3 is 0 Å². The van der Waals surface area contributed by atoms with Gasteiger partial charge in [0, 0.05) is 71.4 Å². The van der Waals surface area contributed by atoms with Crippen molar-refractivity contribution >= 4 is 95.3 Å². The van der Waals surface area contributed by atoms with Crippen LogP contribution in [0.25, 0.3) is 93.6 Å². The molecule has 1 N–H and O–H groups in total. The molecule has 1 radical (unpaired) electrons. The molecule has 0 saturated carbocycles. The summed E-state index contributed by atoms with van der Waals surface area (Å²) in [6.07, 6.45) is 0. The zero-order valence-corrected chi connectivity index (χ0v) is 37.6. The van der Waals surface area contributed by atoms with Gasteiger partial charge in [-0.25, -0.2) is 0 Å². The topological polar surface area (TPSA) is 43.2 Å². The van der Waals surface area contributed by atoms with Crippen LogP contribution in [0.3, 0.4) is 0 Å². The van der Waals surface area contributed by atoms with Crippen molar-refractivity contribution in [3.8, 4) is 27.9 Å². The van der Waals surface area contributed by atoms with Crippen molar-refractivity contribution in [3.05, 3.63) is 162 Å². The Bertz CT molecular complexity index is 3820. The number of benzene rings is 8. The summed E-state index contributed by atoms with van der Waals surface area (Å²) < 4.78 is 16.4. The molecule has 5 heteroatoms. The summed E-state index contributed by atoms with van der Waals surface area (Å²) in [5.74, 6) is 0. The van der Waals surface area contributed by atoms with E-state index in [1.54, 1.807) is 0 Å². The standard InChI is InChI=1S/C59H48BN2O2/c1-57(2,3)32-21-24-34(25-22-32)61-45-30-43-38(35-15-9-12-18-42(35)59(43,7)8)28-40(45)53-54-55-51(52-37-17-11-14-20-49(37)64-56(52)53)41-27-33(58(4,5)6)23-26-46(41)62(55)47-29-39-36-16-10-13-19-48(36)63-50(39)31-44(47)60-54/h9-31,61H,1-8H3. The molecule has 8 aromatic carbocycles. The molecule has 0 atom stereocenters. The second-order valence-electron chi connectivity index (χ2n) is 20.8. The maximum Gasteiger partial charge on any atom is 0.198 e. The largest absolute Gasteiger partial charge is 0.456 e. The molecule has 3 aromatic heterocycles. The Morgan fingerprint density at radius 2 is 1.23 bits per heavy atom. The fourth-order valence-electron chi connectivity index (χ4n) is 11.1. The number of aromatic nitrogens is 1. The molecular formula is C59H48BN2O2. The lowest BCUT2D eigenvalue weighted by atomic mass is 9.58. The van der Waals surface area contributed by atoms with E-state index in [4.69, 9.17) is 8.83 Å². The molecule has 64 heavy (non-hydrogen) atoms. The molecule has 11 aromatic rings. The quantitative estimate of drug-likeness (QED) is 0.180. The van der Waals surface area contributed by atoms with Crippen molar-refractivity contribution in [3.63, 3.8) is 0 Å². The Morgan fingerprint density at radius 1 is 0.547 bits per heavy atom. The van der Waals surface area contributed by atoms with Crippen LogP contribution in [0.15, 0.2) is 148 Å². The Labute approximate surface area is 373 Å². The van der Waals surface area contributed by atoms with Crippen LogP contribution in [-0.2, 0) is 16.2 Å². The molecule has 309 valence electrons. The highest BCUT2D eigenvalue weighted by molar-refractivity contribution is 6.74. The van der Waals surface area contributed by atoms with Gasteiger partial charge in [-0.15, -0.1) is 0 Å². The number of hydrogen-bond donors (Lipinski definition) is 1. The average molecular weight is 828 g/mol. The smallest absolute Gasteiger partial charge is 0.198 e. The van der Waals surface area contributed by atoms with Crippen molar-refractivity contribution in [1.82, 2.24) is 4.57 Å².